The smallest absolute Gasteiger partial charge is 0.222 e. The van der Waals surface area contributed by atoms with Gasteiger partial charge in [0.1, 0.15) is 0 Å². The minimum Gasteiger partial charge on any atom is -0.396 e. The van der Waals surface area contributed by atoms with Gasteiger partial charge in [-0.15, -0.1) is 0 Å². The molecule has 1 amide bonds. The molecule has 3 nitrogen and oxygen atoms in total. The Hall–Kier alpha value is -0.570. The Morgan fingerprint density at radius 2 is 1.87 bits per heavy atom. The van der Waals surface area contributed by atoms with Gasteiger partial charge in [0, 0.05) is 26.1 Å². The van der Waals surface area contributed by atoms with E-state index in [1.165, 1.54) is 0 Å². The molecule has 0 rings (SSSR count). The Kier molecular flexibility index (Phi) is 5.88. The molecule has 0 aliphatic rings. The van der Waals surface area contributed by atoms with Crippen molar-refractivity contribution in [3.63, 3.8) is 0 Å². The van der Waals surface area contributed by atoms with Crippen LogP contribution in [0.5, 0.6) is 0 Å². The normalized spacial score (nSPS) is 13.7. The predicted octanol–water partition coefficient (Wildman–Crippen LogP) is 2.04. The summed E-state index contributed by atoms with van der Waals surface area (Å²) in [7, 11) is 1.86. The van der Waals surface area contributed by atoms with Gasteiger partial charge >= 0.3 is 0 Å². The van der Waals surface area contributed by atoms with Crippen molar-refractivity contribution in [3.8, 4) is 0 Å². The average Bonchev–Trinajstić information content (AvgIpc) is 2.14. The molecule has 0 saturated heterocycles. The maximum absolute atomic E-state index is 11.8. The van der Waals surface area contributed by atoms with Crippen LogP contribution >= 0.6 is 0 Å². The highest BCUT2D eigenvalue weighted by molar-refractivity contribution is 5.76. The standard InChI is InChI=1S/C12H25NO2/c1-10(12(2,3)4)13(5)11(15)8-6-7-9-14/h10,14H,6-9H2,1-5H3. The lowest BCUT2D eigenvalue weighted by Crippen LogP contribution is -2.42. The number of aliphatic hydroxyl groups is 1. The van der Waals surface area contributed by atoms with Crippen molar-refractivity contribution in [1.82, 2.24) is 4.90 Å². The van der Waals surface area contributed by atoms with E-state index in [0.29, 0.717) is 12.8 Å². The van der Waals surface area contributed by atoms with Gasteiger partial charge in [-0.3, -0.25) is 4.79 Å². The van der Waals surface area contributed by atoms with Crippen molar-refractivity contribution in [1.29, 1.82) is 0 Å². The van der Waals surface area contributed by atoms with E-state index in [4.69, 9.17) is 5.11 Å². The zero-order chi connectivity index (χ0) is 12.1. The van der Waals surface area contributed by atoms with Crippen molar-refractivity contribution in [2.45, 2.75) is 53.0 Å². The highest BCUT2D eigenvalue weighted by Gasteiger charge is 2.26. The van der Waals surface area contributed by atoms with Gasteiger partial charge in [0.05, 0.1) is 0 Å². The number of rotatable bonds is 5. The summed E-state index contributed by atoms with van der Waals surface area (Å²) in [6, 6.07) is 0.235. The summed E-state index contributed by atoms with van der Waals surface area (Å²) in [4.78, 5) is 13.6. The number of unbranched alkanes of at least 4 members (excludes halogenated alkanes) is 1. The Morgan fingerprint density at radius 1 is 1.33 bits per heavy atom. The molecule has 0 bridgehead atoms. The highest BCUT2D eigenvalue weighted by atomic mass is 16.3. The molecule has 1 unspecified atom stereocenters. The zero-order valence-electron chi connectivity index (χ0n) is 10.7. The minimum absolute atomic E-state index is 0.112. The van der Waals surface area contributed by atoms with Crippen molar-refractivity contribution in [2.75, 3.05) is 13.7 Å². The van der Waals surface area contributed by atoms with Crippen LogP contribution in [0.15, 0.2) is 0 Å². The lowest BCUT2D eigenvalue weighted by atomic mass is 9.87. The molecule has 15 heavy (non-hydrogen) atoms. The summed E-state index contributed by atoms with van der Waals surface area (Å²) in [5.74, 6) is 0.172. The highest BCUT2D eigenvalue weighted by Crippen LogP contribution is 2.23. The third-order valence-corrected chi connectivity index (χ3v) is 3.03. The van der Waals surface area contributed by atoms with Crippen LogP contribution in [-0.2, 0) is 4.79 Å². The van der Waals surface area contributed by atoms with Crippen LogP contribution in [0.2, 0.25) is 0 Å². The molecule has 0 aliphatic carbocycles. The van der Waals surface area contributed by atoms with E-state index in [0.717, 1.165) is 6.42 Å². The van der Waals surface area contributed by atoms with E-state index in [2.05, 4.69) is 27.7 Å². The number of nitrogens with zero attached hydrogens (tertiary/aromatic N) is 1. The molecular formula is C12H25NO2. The number of amides is 1. The fourth-order valence-corrected chi connectivity index (χ4v) is 1.36. The lowest BCUT2D eigenvalue weighted by molar-refractivity contribution is -0.133. The van der Waals surface area contributed by atoms with Crippen LogP contribution in [-0.4, -0.2) is 35.6 Å². The van der Waals surface area contributed by atoms with Crippen LogP contribution in [0, 0.1) is 5.41 Å². The number of hydrogen-bond donors (Lipinski definition) is 1. The van der Waals surface area contributed by atoms with Gasteiger partial charge in [-0.1, -0.05) is 20.8 Å². The van der Waals surface area contributed by atoms with E-state index in [-0.39, 0.29) is 24.0 Å². The maximum Gasteiger partial charge on any atom is 0.222 e. The predicted molar refractivity (Wildman–Crippen MR) is 62.6 cm³/mol. The second-order valence-corrected chi connectivity index (χ2v) is 5.23. The molecule has 0 aromatic heterocycles. The number of aliphatic hydroxyl groups excluding tert-OH is 1. The summed E-state index contributed by atoms with van der Waals surface area (Å²) < 4.78 is 0. The topological polar surface area (TPSA) is 40.5 Å². The van der Waals surface area contributed by atoms with Crippen LogP contribution in [0.4, 0.5) is 0 Å². The Labute approximate surface area is 93.5 Å². The van der Waals surface area contributed by atoms with Crippen LogP contribution < -0.4 is 0 Å². The lowest BCUT2D eigenvalue weighted by Gasteiger charge is -2.35. The molecule has 0 spiro atoms. The van der Waals surface area contributed by atoms with Gasteiger partial charge < -0.3 is 10.0 Å². The van der Waals surface area contributed by atoms with Gasteiger partial charge in [0.2, 0.25) is 5.91 Å². The molecule has 0 aromatic rings. The molecule has 1 atom stereocenters. The first kappa shape index (κ1) is 14.4. The maximum atomic E-state index is 11.8. The molecule has 0 fully saturated rings. The van der Waals surface area contributed by atoms with Crippen molar-refractivity contribution >= 4 is 5.91 Å². The van der Waals surface area contributed by atoms with Gasteiger partial charge in [0.15, 0.2) is 0 Å². The van der Waals surface area contributed by atoms with Crippen LogP contribution in [0.25, 0.3) is 0 Å². The summed E-state index contributed by atoms with van der Waals surface area (Å²) in [6.07, 6.45) is 2.03. The van der Waals surface area contributed by atoms with Crippen molar-refractivity contribution in [2.24, 2.45) is 5.41 Å². The van der Waals surface area contributed by atoms with Crippen LogP contribution in [0.1, 0.15) is 47.0 Å². The quantitative estimate of drug-likeness (QED) is 0.713. The first-order chi connectivity index (χ1) is 6.80. The van der Waals surface area contributed by atoms with Crippen molar-refractivity contribution in [3.05, 3.63) is 0 Å². The van der Waals surface area contributed by atoms with E-state index in [1.54, 1.807) is 0 Å². The largest absolute Gasteiger partial charge is 0.396 e. The van der Waals surface area contributed by atoms with Gasteiger partial charge in [-0.25, -0.2) is 0 Å². The minimum atomic E-state index is 0.112. The molecule has 0 radical (unpaired) electrons. The molecule has 0 saturated carbocycles. The fourth-order valence-electron chi connectivity index (χ4n) is 1.36. The van der Waals surface area contributed by atoms with E-state index >= 15 is 0 Å². The molecule has 90 valence electrons. The molecule has 3 heteroatoms. The van der Waals surface area contributed by atoms with Gasteiger partial charge in [-0.2, -0.15) is 0 Å². The summed E-state index contributed by atoms with van der Waals surface area (Å²) in [6.45, 7) is 8.65. The fraction of sp³-hybridized carbons (Fsp3) is 0.917. The van der Waals surface area contributed by atoms with E-state index in [1.807, 2.05) is 11.9 Å². The third-order valence-electron chi connectivity index (χ3n) is 3.03. The van der Waals surface area contributed by atoms with Gasteiger partial charge in [-0.05, 0) is 25.2 Å². The average molecular weight is 215 g/mol. The number of carbonyl (C=O) groups is 1. The summed E-state index contributed by atoms with van der Waals surface area (Å²) in [5, 5.41) is 8.63. The van der Waals surface area contributed by atoms with Crippen molar-refractivity contribution < 1.29 is 9.90 Å². The first-order valence-corrected chi connectivity index (χ1v) is 5.67. The Balaban J connectivity index is 4.08. The second-order valence-electron chi connectivity index (χ2n) is 5.23. The Morgan fingerprint density at radius 3 is 2.27 bits per heavy atom. The summed E-state index contributed by atoms with van der Waals surface area (Å²) >= 11 is 0. The van der Waals surface area contributed by atoms with Crippen LogP contribution in [0.3, 0.4) is 0 Å². The molecule has 0 heterocycles. The zero-order valence-corrected chi connectivity index (χ0v) is 10.7. The monoisotopic (exact) mass is 215 g/mol. The first-order valence-electron chi connectivity index (χ1n) is 5.67. The Bertz CT molecular complexity index is 196. The van der Waals surface area contributed by atoms with E-state index < -0.39 is 0 Å². The number of hydrogen-bond acceptors (Lipinski definition) is 2. The van der Waals surface area contributed by atoms with E-state index in [9.17, 15) is 4.79 Å². The third kappa shape index (κ3) is 5.17. The molecular weight excluding hydrogens is 190 g/mol. The summed E-state index contributed by atoms with van der Waals surface area (Å²) in [5.41, 5.74) is 0.112. The number of carbonyl (C=O) groups excluding carboxylic acids is 1. The molecule has 0 aliphatic heterocycles. The van der Waals surface area contributed by atoms with Gasteiger partial charge in [0.25, 0.3) is 0 Å². The SMILES string of the molecule is CC(N(C)C(=O)CCCCO)C(C)(C)C. The second kappa shape index (κ2) is 6.11. The molecule has 0 aromatic carbocycles. The molecule has 1 N–H and O–H groups in total.